The van der Waals surface area contributed by atoms with E-state index < -0.39 is 0 Å². The van der Waals surface area contributed by atoms with Gasteiger partial charge in [-0.15, -0.1) is 0 Å². The predicted molar refractivity (Wildman–Crippen MR) is 99.7 cm³/mol. The Labute approximate surface area is 150 Å². The van der Waals surface area contributed by atoms with Gasteiger partial charge in [0.05, 0.1) is 13.2 Å². The number of carbonyl (C=O) groups excluding carboxylic acids is 1. The van der Waals surface area contributed by atoms with Gasteiger partial charge in [-0.05, 0) is 24.5 Å². The molecule has 1 atom stereocenters. The van der Waals surface area contributed by atoms with E-state index in [4.69, 9.17) is 5.11 Å². The van der Waals surface area contributed by atoms with Crippen LogP contribution in [0.4, 0.5) is 5.69 Å². The van der Waals surface area contributed by atoms with Gasteiger partial charge in [0.2, 0.25) is 5.91 Å². The third-order valence-corrected chi connectivity index (χ3v) is 5.24. The summed E-state index contributed by atoms with van der Waals surface area (Å²) in [6, 6.07) is 10.5. The Morgan fingerprint density at radius 2 is 1.80 bits per heavy atom. The maximum Gasteiger partial charge on any atom is 0.234 e. The molecule has 2 heterocycles. The molecule has 6 nitrogen and oxygen atoms in total. The van der Waals surface area contributed by atoms with E-state index in [1.54, 1.807) is 0 Å². The second-order valence-electron chi connectivity index (χ2n) is 7.08. The molecule has 2 N–H and O–H groups in total. The van der Waals surface area contributed by atoms with Gasteiger partial charge in [-0.25, -0.2) is 0 Å². The number of nitrogens with one attached hydrogen (secondary N) is 1. The lowest BCUT2D eigenvalue weighted by atomic mass is 10.1. The maximum absolute atomic E-state index is 12.2. The van der Waals surface area contributed by atoms with Crippen molar-refractivity contribution in [3.8, 4) is 0 Å². The monoisotopic (exact) mass is 346 g/mol. The zero-order chi connectivity index (χ0) is 17.5. The number of aliphatic hydroxyl groups is 1. The van der Waals surface area contributed by atoms with E-state index in [-0.39, 0.29) is 12.5 Å². The molecule has 6 heteroatoms. The third-order valence-electron chi connectivity index (χ3n) is 5.24. The number of anilines is 1. The molecule has 2 fully saturated rings. The summed E-state index contributed by atoms with van der Waals surface area (Å²) in [6.07, 6.45) is 1.13. The smallest absolute Gasteiger partial charge is 0.234 e. The Morgan fingerprint density at radius 3 is 2.52 bits per heavy atom. The van der Waals surface area contributed by atoms with Crippen molar-refractivity contribution in [3.05, 3.63) is 30.3 Å². The Kier molecular flexibility index (Phi) is 6.67. The summed E-state index contributed by atoms with van der Waals surface area (Å²) in [7, 11) is 0. The summed E-state index contributed by atoms with van der Waals surface area (Å²) in [5, 5.41) is 12.1. The molecule has 2 saturated heterocycles. The van der Waals surface area contributed by atoms with Gasteiger partial charge in [-0.3, -0.25) is 14.6 Å². The first kappa shape index (κ1) is 18.2. The van der Waals surface area contributed by atoms with Gasteiger partial charge in [0.15, 0.2) is 0 Å². The molecule has 2 aliphatic rings. The zero-order valence-corrected chi connectivity index (χ0v) is 14.9. The van der Waals surface area contributed by atoms with Crippen LogP contribution in [0, 0.1) is 5.92 Å². The Bertz CT molecular complexity index is 531. The van der Waals surface area contributed by atoms with Gasteiger partial charge in [0, 0.05) is 58.0 Å². The van der Waals surface area contributed by atoms with Crippen LogP contribution in [0.25, 0.3) is 0 Å². The molecule has 0 saturated carbocycles. The third kappa shape index (κ3) is 5.42. The molecule has 2 aliphatic heterocycles. The Balaban J connectivity index is 1.33. The van der Waals surface area contributed by atoms with Gasteiger partial charge in [0.1, 0.15) is 0 Å². The van der Waals surface area contributed by atoms with E-state index in [9.17, 15) is 4.79 Å². The molecule has 0 unspecified atom stereocenters. The van der Waals surface area contributed by atoms with E-state index >= 15 is 0 Å². The first-order chi connectivity index (χ1) is 12.2. The van der Waals surface area contributed by atoms with Crippen molar-refractivity contribution in [2.75, 3.05) is 70.4 Å². The number of aliphatic hydroxyl groups excluding tert-OH is 1. The van der Waals surface area contributed by atoms with Crippen LogP contribution >= 0.6 is 0 Å². The van der Waals surface area contributed by atoms with Gasteiger partial charge in [-0.2, -0.15) is 0 Å². The number of benzene rings is 1. The van der Waals surface area contributed by atoms with Crippen molar-refractivity contribution < 1.29 is 9.90 Å². The average Bonchev–Trinajstić information content (AvgIpc) is 3.12. The van der Waals surface area contributed by atoms with E-state index in [2.05, 4.69) is 44.3 Å². The van der Waals surface area contributed by atoms with E-state index in [0.29, 0.717) is 12.5 Å². The summed E-state index contributed by atoms with van der Waals surface area (Å²) >= 11 is 0. The highest BCUT2D eigenvalue weighted by Crippen LogP contribution is 2.22. The number of nitrogens with zero attached hydrogens (tertiary/aromatic N) is 3. The Hall–Kier alpha value is -1.63. The number of para-hydroxylation sites is 1. The van der Waals surface area contributed by atoms with Crippen molar-refractivity contribution in [1.29, 1.82) is 0 Å². The van der Waals surface area contributed by atoms with Crippen molar-refractivity contribution in [2.24, 2.45) is 5.92 Å². The van der Waals surface area contributed by atoms with Crippen LogP contribution in [0.2, 0.25) is 0 Å². The topological polar surface area (TPSA) is 59.1 Å². The normalized spacial score (nSPS) is 22.3. The minimum atomic E-state index is 0.133. The zero-order valence-electron chi connectivity index (χ0n) is 14.9. The minimum Gasteiger partial charge on any atom is -0.395 e. The molecular formula is C19H30N4O2. The fourth-order valence-corrected chi connectivity index (χ4v) is 3.70. The second kappa shape index (κ2) is 9.17. The van der Waals surface area contributed by atoms with Crippen LogP contribution in [0.5, 0.6) is 0 Å². The Morgan fingerprint density at radius 1 is 1.08 bits per heavy atom. The molecule has 25 heavy (non-hydrogen) atoms. The fraction of sp³-hybridized carbons (Fsp3) is 0.632. The standard InChI is InChI=1S/C19H30N4O2/c24-13-12-21-8-10-22(11-9-21)16-19(25)20-14-17-6-7-23(15-17)18-4-2-1-3-5-18/h1-5,17,24H,6-16H2,(H,20,25)/t17-/m1/s1. The first-order valence-electron chi connectivity index (χ1n) is 9.37. The molecule has 3 rings (SSSR count). The number of rotatable bonds is 7. The number of piperazine rings is 1. The van der Waals surface area contributed by atoms with Crippen molar-refractivity contribution in [2.45, 2.75) is 6.42 Å². The minimum absolute atomic E-state index is 0.133. The summed E-state index contributed by atoms with van der Waals surface area (Å²) in [4.78, 5) is 19.1. The van der Waals surface area contributed by atoms with Crippen molar-refractivity contribution in [1.82, 2.24) is 15.1 Å². The molecule has 0 aromatic heterocycles. The van der Waals surface area contributed by atoms with Gasteiger partial charge in [-0.1, -0.05) is 18.2 Å². The lowest BCUT2D eigenvalue weighted by molar-refractivity contribution is -0.122. The number of β-amino-alcohol motifs (C(OH)–C–C–N with tert-alkyl or cyclic N) is 1. The molecule has 0 spiro atoms. The van der Waals surface area contributed by atoms with Gasteiger partial charge >= 0.3 is 0 Å². The highest BCUT2D eigenvalue weighted by molar-refractivity contribution is 5.78. The van der Waals surface area contributed by atoms with Crippen LogP contribution in [0.15, 0.2) is 30.3 Å². The van der Waals surface area contributed by atoms with Crippen LogP contribution in [-0.4, -0.2) is 86.3 Å². The van der Waals surface area contributed by atoms with Crippen LogP contribution < -0.4 is 10.2 Å². The highest BCUT2D eigenvalue weighted by Gasteiger charge is 2.24. The predicted octanol–water partition coefficient (Wildman–Crippen LogP) is 0.239. The van der Waals surface area contributed by atoms with Crippen LogP contribution in [-0.2, 0) is 4.79 Å². The SMILES string of the molecule is O=C(CN1CCN(CCO)CC1)NC[C@H]1CCN(c2ccccc2)C1. The molecule has 1 aromatic carbocycles. The van der Waals surface area contributed by atoms with Crippen LogP contribution in [0.1, 0.15) is 6.42 Å². The number of hydrogen-bond donors (Lipinski definition) is 2. The maximum atomic E-state index is 12.2. The summed E-state index contributed by atoms with van der Waals surface area (Å²) in [5.74, 6) is 0.666. The summed E-state index contributed by atoms with van der Waals surface area (Å²) in [6.45, 7) is 7.96. The number of carbonyl (C=O) groups is 1. The van der Waals surface area contributed by atoms with E-state index in [1.807, 2.05) is 6.07 Å². The molecule has 1 aromatic rings. The van der Waals surface area contributed by atoms with Crippen molar-refractivity contribution in [3.63, 3.8) is 0 Å². The molecule has 0 aliphatic carbocycles. The lowest BCUT2D eigenvalue weighted by Crippen LogP contribution is -2.50. The molecule has 0 radical (unpaired) electrons. The van der Waals surface area contributed by atoms with E-state index in [1.165, 1.54) is 5.69 Å². The molecule has 1 amide bonds. The number of amides is 1. The molecular weight excluding hydrogens is 316 g/mol. The number of hydrogen-bond acceptors (Lipinski definition) is 5. The van der Waals surface area contributed by atoms with Crippen molar-refractivity contribution >= 4 is 11.6 Å². The first-order valence-corrected chi connectivity index (χ1v) is 9.37. The average molecular weight is 346 g/mol. The van der Waals surface area contributed by atoms with Gasteiger partial charge < -0.3 is 15.3 Å². The second-order valence-corrected chi connectivity index (χ2v) is 7.08. The quantitative estimate of drug-likeness (QED) is 0.741. The largest absolute Gasteiger partial charge is 0.395 e. The molecule has 138 valence electrons. The van der Waals surface area contributed by atoms with Gasteiger partial charge in [0.25, 0.3) is 0 Å². The van der Waals surface area contributed by atoms with E-state index in [0.717, 1.165) is 58.8 Å². The fourth-order valence-electron chi connectivity index (χ4n) is 3.70. The summed E-state index contributed by atoms with van der Waals surface area (Å²) < 4.78 is 0. The highest BCUT2D eigenvalue weighted by atomic mass is 16.3. The molecule has 0 bridgehead atoms. The van der Waals surface area contributed by atoms with Crippen LogP contribution in [0.3, 0.4) is 0 Å². The lowest BCUT2D eigenvalue weighted by Gasteiger charge is -2.33. The summed E-state index contributed by atoms with van der Waals surface area (Å²) in [5.41, 5.74) is 1.28.